The molecule has 0 amide bonds. The average Bonchev–Trinajstić information content (AvgIpc) is 2.96. The second-order valence-electron chi connectivity index (χ2n) is 9.76. The summed E-state index contributed by atoms with van der Waals surface area (Å²) < 4.78 is 140. The highest BCUT2D eigenvalue weighted by Gasteiger charge is 2.33. The first-order chi connectivity index (χ1) is 21.0. The lowest BCUT2D eigenvalue weighted by atomic mass is 9.96. The Morgan fingerprint density at radius 2 is 1.29 bits per heavy atom. The van der Waals surface area contributed by atoms with E-state index in [4.69, 9.17) is 4.74 Å². The summed E-state index contributed by atoms with van der Waals surface area (Å²) in [4.78, 5) is 0. The Morgan fingerprint density at radius 3 is 1.87 bits per heavy atom. The van der Waals surface area contributed by atoms with Crippen molar-refractivity contribution in [1.29, 1.82) is 0 Å². The molecular weight excluding hydrogens is 624 g/mol. The molecule has 0 aromatic heterocycles. The summed E-state index contributed by atoms with van der Waals surface area (Å²) in [6.45, 7) is -0.441. The van der Waals surface area contributed by atoms with Crippen LogP contribution >= 0.6 is 0 Å². The van der Waals surface area contributed by atoms with Crippen molar-refractivity contribution in [2.45, 2.75) is 37.5 Å². The number of aliphatic hydroxyl groups is 1. The lowest BCUT2D eigenvalue weighted by Gasteiger charge is -2.24. The van der Waals surface area contributed by atoms with E-state index in [1.165, 1.54) is 36.4 Å². The molecule has 240 valence electrons. The first-order valence-corrected chi connectivity index (χ1v) is 13.0. The molecule has 0 heterocycles. The van der Waals surface area contributed by atoms with Crippen LogP contribution in [0.15, 0.2) is 91.0 Å². The van der Waals surface area contributed by atoms with Crippen molar-refractivity contribution in [3.8, 4) is 11.5 Å². The SMILES string of the molecule is OC(CNC(c1cccc(OCc2ccc(OC(F)(F)F)cc2)c1)c1ccc(C(F)(F)F)cc1F)c1ccc(C(F)(F)F)cc1. The second-order valence-corrected chi connectivity index (χ2v) is 9.76. The molecule has 0 radical (unpaired) electrons. The maximum atomic E-state index is 15.1. The number of hydrogen-bond donors (Lipinski definition) is 2. The summed E-state index contributed by atoms with van der Waals surface area (Å²) in [6.07, 6.45) is -15.6. The molecular formula is C31H23F10NO3. The van der Waals surface area contributed by atoms with Crippen LogP contribution in [0.2, 0.25) is 0 Å². The van der Waals surface area contributed by atoms with Crippen molar-refractivity contribution in [2.24, 2.45) is 0 Å². The molecule has 4 rings (SSSR count). The molecule has 0 saturated carbocycles. The Kier molecular flexibility index (Phi) is 9.98. The van der Waals surface area contributed by atoms with Gasteiger partial charge in [0.2, 0.25) is 0 Å². The van der Waals surface area contributed by atoms with Gasteiger partial charge in [0.15, 0.2) is 0 Å². The van der Waals surface area contributed by atoms with Crippen molar-refractivity contribution in [3.05, 3.63) is 130 Å². The molecule has 2 unspecified atom stereocenters. The Labute approximate surface area is 249 Å². The third-order valence-corrected chi connectivity index (χ3v) is 6.53. The minimum absolute atomic E-state index is 0.102. The van der Waals surface area contributed by atoms with Crippen molar-refractivity contribution in [1.82, 2.24) is 5.32 Å². The number of hydrogen-bond acceptors (Lipinski definition) is 4. The predicted molar refractivity (Wildman–Crippen MR) is 142 cm³/mol. The van der Waals surface area contributed by atoms with E-state index in [9.17, 15) is 44.6 Å². The fourth-order valence-electron chi connectivity index (χ4n) is 4.32. The lowest BCUT2D eigenvalue weighted by Crippen LogP contribution is -2.28. The van der Waals surface area contributed by atoms with E-state index >= 15 is 4.39 Å². The highest BCUT2D eigenvalue weighted by molar-refractivity contribution is 5.39. The molecule has 14 heteroatoms. The van der Waals surface area contributed by atoms with Crippen LogP contribution in [0.1, 0.15) is 45.5 Å². The van der Waals surface area contributed by atoms with Crippen molar-refractivity contribution >= 4 is 0 Å². The zero-order chi connectivity index (χ0) is 33.0. The molecule has 45 heavy (non-hydrogen) atoms. The second kappa shape index (κ2) is 13.4. The Morgan fingerprint density at radius 1 is 0.667 bits per heavy atom. The number of halogens is 10. The summed E-state index contributed by atoms with van der Waals surface area (Å²) >= 11 is 0. The van der Waals surface area contributed by atoms with Gasteiger partial charge in [-0.1, -0.05) is 42.5 Å². The zero-order valence-corrected chi connectivity index (χ0v) is 22.8. The van der Waals surface area contributed by atoms with Gasteiger partial charge in [0.25, 0.3) is 0 Å². The fraction of sp³-hybridized carbons (Fsp3) is 0.226. The Balaban J connectivity index is 1.56. The van der Waals surface area contributed by atoms with Gasteiger partial charge < -0.3 is 19.9 Å². The molecule has 0 fully saturated rings. The highest BCUT2D eigenvalue weighted by Crippen LogP contribution is 2.34. The van der Waals surface area contributed by atoms with Gasteiger partial charge in [-0.05, 0) is 65.2 Å². The van der Waals surface area contributed by atoms with Crippen molar-refractivity contribution in [3.63, 3.8) is 0 Å². The molecule has 4 nitrogen and oxygen atoms in total. The van der Waals surface area contributed by atoms with Crippen LogP contribution in [0.5, 0.6) is 11.5 Å². The largest absolute Gasteiger partial charge is 0.573 e. The van der Waals surface area contributed by atoms with Gasteiger partial charge in [-0.15, -0.1) is 13.2 Å². The maximum Gasteiger partial charge on any atom is 0.573 e. The number of nitrogens with one attached hydrogen (secondary N) is 1. The van der Waals surface area contributed by atoms with Gasteiger partial charge in [0.05, 0.1) is 23.3 Å². The van der Waals surface area contributed by atoms with Crippen LogP contribution in [0.3, 0.4) is 0 Å². The monoisotopic (exact) mass is 647 g/mol. The van der Waals surface area contributed by atoms with Crippen LogP contribution < -0.4 is 14.8 Å². The summed E-state index contributed by atoms with van der Waals surface area (Å²) in [5, 5.41) is 13.5. The first-order valence-electron chi connectivity index (χ1n) is 13.0. The molecule has 0 saturated heterocycles. The van der Waals surface area contributed by atoms with Gasteiger partial charge in [-0.25, -0.2) is 4.39 Å². The van der Waals surface area contributed by atoms with Crippen LogP contribution in [0.4, 0.5) is 43.9 Å². The smallest absolute Gasteiger partial charge is 0.489 e. The molecule has 0 spiro atoms. The molecule has 2 N–H and O–H groups in total. The highest BCUT2D eigenvalue weighted by atomic mass is 19.4. The number of alkyl halides is 9. The zero-order valence-electron chi connectivity index (χ0n) is 22.8. The molecule has 0 bridgehead atoms. The fourth-order valence-corrected chi connectivity index (χ4v) is 4.32. The molecule has 2 atom stereocenters. The molecule has 0 aliphatic heterocycles. The maximum absolute atomic E-state index is 15.1. The summed E-state index contributed by atoms with van der Waals surface area (Å²) in [7, 11) is 0. The van der Waals surface area contributed by atoms with E-state index in [1.54, 1.807) is 0 Å². The topological polar surface area (TPSA) is 50.7 Å². The third kappa shape index (κ3) is 9.35. The number of ether oxygens (including phenoxy) is 2. The van der Waals surface area contributed by atoms with Gasteiger partial charge in [0.1, 0.15) is 23.9 Å². The average molecular weight is 648 g/mol. The van der Waals surface area contributed by atoms with Gasteiger partial charge >= 0.3 is 18.7 Å². The predicted octanol–water partition coefficient (Wildman–Crippen LogP) is 8.75. The van der Waals surface area contributed by atoms with Crippen molar-refractivity contribution in [2.75, 3.05) is 6.54 Å². The minimum Gasteiger partial charge on any atom is -0.489 e. The van der Waals surface area contributed by atoms with E-state index in [1.807, 2.05) is 0 Å². The van der Waals surface area contributed by atoms with Crippen molar-refractivity contribution < 1.29 is 58.5 Å². The van der Waals surface area contributed by atoms with Gasteiger partial charge in [0, 0.05) is 12.1 Å². The van der Waals surface area contributed by atoms with Crippen LogP contribution in [0.25, 0.3) is 0 Å². The standard InChI is InChI=1S/C31H23F10NO3/c32-26-15-22(30(36,37)38)10-13-25(26)28(42-16-27(43)19-6-8-21(9-7-19)29(33,34)35)20-2-1-3-24(14-20)44-17-18-4-11-23(12-5-18)45-31(39,40)41/h1-15,27-28,42-43H,16-17H2. The van der Waals surface area contributed by atoms with Crippen LogP contribution in [-0.4, -0.2) is 18.0 Å². The van der Waals surface area contributed by atoms with E-state index in [0.29, 0.717) is 23.3 Å². The number of rotatable bonds is 10. The Hall–Kier alpha value is -4.30. The van der Waals surface area contributed by atoms with E-state index < -0.39 is 53.6 Å². The quantitative estimate of drug-likeness (QED) is 0.169. The summed E-state index contributed by atoms with van der Waals surface area (Å²) in [5.41, 5.74) is -1.52. The van der Waals surface area contributed by atoms with Crippen LogP contribution in [0, 0.1) is 5.82 Å². The van der Waals surface area contributed by atoms with Gasteiger partial charge in [-0.2, -0.15) is 26.3 Å². The van der Waals surface area contributed by atoms with E-state index in [0.717, 1.165) is 42.5 Å². The number of aliphatic hydroxyl groups excluding tert-OH is 1. The van der Waals surface area contributed by atoms with Crippen LogP contribution in [-0.2, 0) is 19.0 Å². The van der Waals surface area contributed by atoms with E-state index in [2.05, 4.69) is 10.1 Å². The molecule has 0 aliphatic rings. The minimum atomic E-state index is -4.86. The number of benzene rings is 4. The first kappa shape index (κ1) is 33.6. The summed E-state index contributed by atoms with van der Waals surface area (Å²) in [6, 6.07) is 15.3. The molecule has 0 aliphatic carbocycles. The molecule has 4 aromatic rings. The van der Waals surface area contributed by atoms with Gasteiger partial charge in [-0.3, -0.25) is 0 Å². The molecule has 4 aromatic carbocycles. The normalized spacial score (nSPS) is 13.8. The lowest BCUT2D eigenvalue weighted by molar-refractivity contribution is -0.274. The van der Waals surface area contributed by atoms with E-state index in [-0.39, 0.29) is 30.0 Å². The Bertz CT molecular complexity index is 1570. The summed E-state index contributed by atoms with van der Waals surface area (Å²) in [5.74, 6) is -1.43. The third-order valence-electron chi connectivity index (χ3n) is 6.53.